The quantitative estimate of drug-likeness (QED) is 0.292. The van der Waals surface area contributed by atoms with Crippen LogP contribution in [-0.2, 0) is 0 Å². The summed E-state index contributed by atoms with van der Waals surface area (Å²) in [4.78, 5) is 5.00. The topological polar surface area (TPSA) is 44.1 Å². The molecular formula is C28H18N2O2. The lowest BCUT2D eigenvalue weighted by atomic mass is 10.1. The molecule has 0 spiro atoms. The van der Waals surface area contributed by atoms with E-state index in [0.717, 1.165) is 61.0 Å². The SMILES string of the molecule is Cc1ccc2c(-c3nc4ccccc4n3-c3ccc4c(c3)oc3ccccc34)coc2c1. The van der Waals surface area contributed by atoms with Gasteiger partial charge in [0.1, 0.15) is 28.8 Å². The fraction of sp³-hybridized carbons (Fsp3) is 0.0357. The largest absolute Gasteiger partial charge is 0.464 e. The van der Waals surface area contributed by atoms with E-state index in [4.69, 9.17) is 13.8 Å². The Bertz CT molecular complexity index is 1800. The Kier molecular flexibility index (Phi) is 3.45. The lowest BCUT2D eigenvalue weighted by molar-refractivity contribution is 0.616. The maximum Gasteiger partial charge on any atom is 0.149 e. The second-order valence-electron chi connectivity index (χ2n) is 8.19. The summed E-state index contributed by atoms with van der Waals surface area (Å²) < 4.78 is 14.3. The van der Waals surface area contributed by atoms with Crippen molar-refractivity contribution in [2.45, 2.75) is 6.92 Å². The third kappa shape index (κ3) is 2.41. The molecule has 0 saturated heterocycles. The van der Waals surface area contributed by atoms with Crippen LogP contribution in [0.5, 0.6) is 0 Å². The zero-order chi connectivity index (χ0) is 21.2. The Hall–Kier alpha value is -4.31. The van der Waals surface area contributed by atoms with E-state index in [1.165, 1.54) is 5.56 Å². The van der Waals surface area contributed by atoms with Crippen LogP contribution in [0.4, 0.5) is 0 Å². The van der Waals surface area contributed by atoms with E-state index < -0.39 is 0 Å². The number of rotatable bonds is 2. The van der Waals surface area contributed by atoms with Crippen LogP contribution in [0.15, 0.2) is 100 Å². The monoisotopic (exact) mass is 414 g/mol. The molecule has 3 aromatic heterocycles. The van der Waals surface area contributed by atoms with Gasteiger partial charge >= 0.3 is 0 Å². The van der Waals surface area contributed by atoms with Gasteiger partial charge in [-0.1, -0.05) is 42.5 Å². The standard InChI is InChI=1S/C28H18N2O2/c1-17-10-12-21-22(16-31-26(21)14-17)28-29-23-7-3-4-8-24(23)30(28)18-11-13-20-19-6-2-5-9-25(19)32-27(20)15-18/h2-16H,1H3. The fourth-order valence-electron chi connectivity index (χ4n) is 4.63. The molecule has 4 heteroatoms. The molecule has 0 atom stereocenters. The van der Waals surface area contributed by atoms with Crippen LogP contribution < -0.4 is 0 Å². The van der Waals surface area contributed by atoms with Gasteiger partial charge in [-0.15, -0.1) is 0 Å². The molecule has 0 aliphatic carbocycles. The van der Waals surface area contributed by atoms with Gasteiger partial charge in [-0.05, 0) is 48.9 Å². The number of aryl methyl sites for hydroxylation is 1. The molecule has 7 rings (SSSR count). The molecule has 32 heavy (non-hydrogen) atoms. The number of imidazole rings is 1. The Morgan fingerprint density at radius 1 is 0.719 bits per heavy atom. The van der Waals surface area contributed by atoms with E-state index in [1.54, 1.807) is 0 Å². The molecule has 0 saturated carbocycles. The summed E-state index contributed by atoms with van der Waals surface area (Å²) >= 11 is 0. The van der Waals surface area contributed by atoms with Crippen LogP contribution >= 0.6 is 0 Å². The number of para-hydroxylation sites is 3. The van der Waals surface area contributed by atoms with Gasteiger partial charge in [0.25, 0.3) is 0 Å². The van der Waals surface area contributed by atoms with Crippen LogP contribution in [0.1, 0.15) is 5.56 Å². The van der Waals surface area contributed by atoms with E-state index in [9.17, 15) is 0 Å². The van der Waals surface area contributed by atoms with E-state index in [2.05, 4.69) is 60.0 Å². The van der Waals surface area contributed by atoms with Crippen LogP contribution in [-0.4, -0.2) is 9.55 Å². The average Bonchev–Trinajstić information content (AvgIpc) is 3.50. The highest BCUT2D eigenvalue weighted by Gasteiger charge is 2.19. The number of nitrogens with zero attached hydrogens (tertiary/aromatic N) is 2. The number of aromatic nitrogens is 2. The van der Waals surface area contributed by atoms with Gasteiger partial charge in [0, 0.05) is 22.2 Å². The summed E-state index contributed by atoms with van der Waals surface area (Å²) in [7, 11) is 0. The van der Waals surface area contributed by atoms with Gasteiger partial charge in [-0.25, -0.2) is 4.98 Å². The molecule has 0 aliphatic rings. The average molecular weight is 414 g/mol. The van der Waals surface area contributed by atoms with Gasteiger partial charge in [-0.3, -0.25) is 4.57 Å². The molecule has 0 amide bonds. The van der Waals surface area contributed by atoms with Crippen molar-refractivity contribution in [3.63, 3.8) is 0 Å². The first-order valence-corrected chi connectivity index (χ1v) is 10.6. The van der Waals surface area contributed by atoms with E-state index in [0.29, 0.717) is 0 Å². The summed E-state index contributed by atoms with van der Waals surface area (Å²) in [5, 5.41) is 3.29. The molecule has 0 fully saturated rings. The molecule has 0 radical (unpaired) electrons. The second kappa shape index (κ2) is 6.34. The lowest BCUT2D eigenvalue weighted by Gasteiger charge is -2.09. The van der Waals surface area contributed by atoms with Crippen LogP contribution in [0.25, 0.3) is 61.0 Å². The van der Waals surface area contributed by atoms with Crippen LogP contribution in [0.3, 0.4) is 0 Å². The van der Waals surface area contributed by atoms with Crippen molar-refractivity contribution < 1.29 is 8.83 Å². The van der Waals surface area contributed by atoms with Crippen molar-refractivity contribution in [2.24, 2.45) is 0 Å². The van der Waals surface area contributed by atoms with Crippen molar-refractivity contribution in [3.05, 3.63) is 96.8 Å². The molecule has 4 nitrogen and oxygen atoms in total. The van der Waals surface area contributed by atoms with E-state index in [1.807, 2.05) is 42.7 Å². The van der Waals surface area contributed by atoms with E-state index >= 15 is 0 Å². The van der Waals surface area contributed by atoms with Crippen molar-refractivity contribution >= 4 is 43.9 Å². The first kappa shape index (κ1) is 17.4. The van der Waals surface area contributed by atoms with Crippen molar-refractivity contribution in [2.75, 3.05) is 0 Å². The van der Waals surface area contributed by atoms with Crippen molar-refractivity contribution in [3.8, 4) is 17.1 Å². The maximum absolute atomic E-state index is 6.16. The Morgan fingerprint density at radius 2 is 1.53 bits per heavy atom. The van der Waals surface area contributed by atoms with E-state index in [-0.39, 0.29) is 0 Å². The predicted octanol–water partition coefficient (Wildman–Crippen LogP) is 7.65. The number of hydrogen-bond donors (Lipinski definition) is 0. The normalized spacial score (nSPS) is 11.9. The van der Waals surface area contributed by atoms with Crippen LogP contribution in [0.2, 0.25) is 0 Å². The zero-order valence-corrected chi connectivity index (χ0v) is 17.4. The van der Waals surface area contributed by atoms with Gasteiger partial charge in [0.15, 0.2) is 0 Å². The summed E-state index contributed by atoms with van der Waals surface area (Å²) in [6, 6.07) is 29.0. The highest BCUT2D eigenvalue weighted by molar-refractivity contribution is 6.05. The third-order valence-electron chi connectivity index (χ3n) is 6.15. The van der Waals surface area contributed by atoms with Crippen molar-refractivity contribution in [1.29, 1.82) is 0 Å². The molecule has 3 heterocycles. The van der Waals surface area contributed by atoms with Gasteiger partial charge in [-0.2, -0.15) is 0 Å². The minimum atomic E-state index is 0.851. The molecule has 4 aromatic carbocycles. The van der Waals surface area contributed by atoms with Gasteiger partial charge < -0.3 is 8.83 Å². The zero-order valence-electron chi connectivity index (χ0n) is 17.4. The highest BCUT2D eigenvalue weighted by atomic mass is 16.3. The Balaban J connectivity index is 1.54. The lowest BCUT2D eigenvalue weighted by Crippen LogP contribution is -1.97. The minimum absolute atomic E-state index is 0.851. The Labute approximate surface area is 183 Å². The maximum atomic E-state index is 6.16. The molecule has 152 valence electrons. The summed E-state index contributed by atoms with van der Waals surface area (Å²) in [6.07, 6.45) is 1.81. The molecular weight excluding hydrogens is 396 g/mol. The van der Waals surface area contributed by atoms with Crippen molar-refractivity contribution in [1.82, 2.24) is 9.55 Å². The minimum Gasteiger partial charge on any atom is -0.464 e. The highest BCUT2D eigenvalue weighted by Crippen LogP contribution is 2.36. The number of furan rings is 2. The van der Waals surface area contributed by atoms with Gasteiger partial charge in [0.2, 0.25) is 0 Å². The molecule has 0 aliphatic heterocycles. The first-order valence-electron chi connectivity index (χ1n) is 10.6. The summed E-state index contributed by atoms with van der Waals surface area (Å²) in [5.41, 5.74) is 7.75. The first-order chi connectivity index (χ1) is 15.8. The number of hydrogen-bond acceptors (Lipinski definition) is 3. The molecule has 7 aromatic rings. The third-order valence-corrected chi connectivity index (χ3v) is 6.15. The Morgan fingerprint density at radius 3 is 2.50 bits per heavy atom. The molecule has 0 unspecified atom stereocenters. The fourth-order valence-corrected chi connectivity index (χ4v) is 4.63. The molecule has 0 N–H and O–H groups in total. The smallest absolute Gasteiger partial charge is 0.149 e. The van der Waals surface area contributed by atoms with Crippen LogP contribution in [0, 0.1) is 6.92 Å². The summed E-state index contributed by atoms with van der Waals surface area (Å²) in [6.45, 7) is 2.07. The second-order valence-corrected chi connectivity index (χ2v) is 8.19. The predicted molar refractivity (Wildman–Crippen MR) is 128 cm³/mol. The van der Waals surface area contributed by atoms with Gasteiger partial charge in [0.05, 0.1) is 22.3 Å². The number of benzene rings is 4. The summed E-state index contributed by atoms with van der Waals surface area (Å²) in [5.74, 6) is 0.851. The number of fused-ring (bicyclic) bond motifs is 5. The molecule has 0 bridgehead atoms.